The van der Waals surface area contributed by atoms with E-state index in [2.05, 4.69) is 16.3 Å². The fourth-order valence-corrected chi connectivity index (χ4v) is 4.53. The van der Waals surface area contributed by atoms with Crippen LogP contribution in [0.2, 0.25) is 0 Å². The van der Waals surface area contributed by atoms with E-state index in [4.69, 9.17) is 4.74 Å². The highest BCUT2D eigenvalue weighted by atomic mass is 32.1. The summed E-state index contributed by atoms with van der Waals surface area (Å²) in [6.07, 6.45) is 1.57. The minimum atomic E-state index is -0.0214. The summed E-state index contributed by atoms with van der Waals surface area (Å²) in [6.45, 7) is 5.60. The molecule has 0 atom stereocenters. The highest BCUT2D eigenvalue weighted by Gasteiger charge is 2.25. The SMILES string of the molecule is O=C(NC1CCN(C(=O)c2cccc(CN3CCOCC3)c2)CC1)c1ccsc1. The van der Waals surface area contributed by atoms with Gasteiger partial charge in [-0.1, -0.05) is 12.1 Å². The maximum Gasteiger partial charge on any atom is 0.253 e. The van der Waals surface area contributed by atoms with E-state index in [1.807, 2.05) is 39.9 Å². The molecule has 1 aromatic heterocycles. The molecule has 2 aliphatic heterocycles. The first kappa shape index (κ1) is 20.1. The van der Waals surface area contributed by atoms with Gasteiger partial charge >= 0.3 is 0 Å². The van der Waals surface area contributed by atoms with Crippen LogP contribution in [0.25, 0.3) is 0 Å². The van der Waals surface area contributed by atoms with Crippen LogP contribution in [0.15, 0.2) is 41.1 Å². The summed E-state index contributed by atoms with van der Waals surface area (Å²) in [5.74, 6) is 0.0586. The number of amides is 2. The van der Waals surface area contributed by atoms with Gasteiger partial charge < -0.3 is 15.0 Å². The van der Waals surface area contributed by atoms with E-state index in [0.29, 0.717) is 18.7 Å². The third kappa shape index (κ3) is 5.23. The topological polar surface area (TPSA) is 61.9 Å². The average Bonchev–Trinajstić information content (AvgIpc) is 3.30. The van der Waals surface area contributed by atoms with E-state index in [1.54, 1.807) is 0 Å². The highest BCUT2D eigenvalue weighted by molar-refractivity contribution is 7.08. The van der Waals surface area contributed by atoms with Crippen molar-refractivity contribution in [3.05, 3.63) is 57.8 Å². The lowest BCUT2D eigenvalue weighted by atomic mass is 10.0. The number of nitrogens with zero attached hydrogens (tertiary/aromatic N) is 2. The van der Waals surface area contributed by atoms with E-state index in [9.17, 15) is 9.59 Å². The van der Waals surface area contributed by atoms with Gasteiger partial charge in [-0.15, -0.1) is 0 Å². The maximum absolute atomic E-state index is 13.0. The molecule has 0 bridgehead atoms. The molecule has 2 aliphatic rings. The molecule has 1 aromatic carbocycles. The number of hydrogen-bond acceptors (Lipinski definition) is 5. The number of morpholine rings is 1. The third-order valence-corrected chi connectivity index (χ3v) is 6.27. The van der Waals surface area contributed by atoms with E-state index in [1.165, 1.54) is 11.3 Å². The zero-order valence-electron chi connectivity index (χ0n) is 16.5. The highest BCUT2D eigenvalue weighted by Crippen LogP contribution is 2.17. The Balaban J connectivity index is 1.30. The molecule has 4 rings (SSSR count). The van der Waals surface area contributed by atoms with Crippen molar-refractivity contribution in [1.82, 2.24) is 15.1 Å². The molecule has 0 spiro atoms. The largest absolute Gasteiger partial charge is 0.379 e. The molecule has 2 amide bonds. The Hall–Kier alpha value is -2.22. The molecule has 2 fully saturated rings. The van der Waals surface area contributed by atoms with E-state index < -0.39 is 0 Å². The van der Waals surface area contributed by atoms with Crippen LogP contribution < -0.4 is 5.32 Å². The number of hydrogen-bond donors (Lipinski definition) is 1. The van der Waals surface area contributed by atoms with Crippen molar-refractivity contribution in [2.75, 3.05) is 39.4 Å². The Kier molecular flexibility index (Phi) is 6.59. The third-order valence-electron chi connectivity index (χ3n) is 5.58. The lowest BCUT2D eigenvalue weighted by Crippen LogP contribution is -2.46. The zero-order valence-corrected chi connectivity index (χ0v) is 17.3. The van der Waals surface area contributed by atoms with Gasteiger partial charge in [-0.3, -0.25) is 14.5 Å². The number of nitrogens with one attached hydrogen (secondary N) is 1. The van der Waals surface area contributed by atoms with Gasteiger partial charge in [0, 0.05) is 55.3 Å². The minimum Gasteiger partial charge on any atom is -0.379 e. The van der Waals surface area contributed by atoms with Gasteiger partial charge in [0.1, 0.15) is 0 Å². The number of carbonyl (C=O) groups is 2. The van der Waals surface area contributed by atoms with Crippen molar-refractivity contribution in [2.24, 2.45) is 0 Å². The number of thiophene rings is 1. The molecule has 0 aliphatic carbocycles. The van der Waals surface area contributed by atoms with Crippen molar-refractivity contribution < 1.29 is 14.3 Å². The predicted octanol–water partition coefficient (Wildman–Crippen LogP) is 2.61. The summed E-state index contributed by atoms with van der Waals surface area (Å²) in [5, 5.41) is 6.85. The number of benzene rings is 1. The second-order valence-corrected chi connectivity index (χ2v) is 8.42. The zero-order chi connectivity index (χ0) is 20.1. The smallest absolute Gasteiger partial charge is 0.253 e. The second kappa shape index (κ2) is 9.52. The summed E-state index contributed by atoms with van der Waals surface area (Å²) in [6, 6.07) is 9.93. The molecular formula is C22H27N3O3S. The first-order valence-electron chi connectivity index (χ1n) is 10.2. The van der Waals surface area contributed by atoms with E-state index in [0.717, 1.165) is 56.8 Å². The van der Waals surface area contributed by atoms with Crippen molar-refractivity contribution in [2.45, 2.75) is 25.4 Å². The summed E-state index contributed by atoms with van der Waals surface area (Å²) < 4.78 is 5.40. The number of piperidine rings is 1. The van der Waals surface area contributed by atoms with Crippen molar-refractivity contribution in [1.29, 1.82) is 0 Å². The fraction of sp³-hybridized carbons (Fsp3) is 0.455. The normalized spacial score (nSPS) is 18.6. The van der Waals surface area contributed by atoms with Crippen molar-refractivity contribution >= 4 is 23.2 Å². The van der Waals surface area contributed by atoms with Crippen molar-refractivity contribution in [3.8, 4) is 0 Å². The van der Waals surface area contributed by atoms with Gasteiger partial charge in [-0.2, -0.15) is 11.3 Å². The summed E-state index contributed by atoms with van der Waals surface area (Å²) in [5.41, 5.74) is 2.62. The molecule has 3 heterocycles. The molecule has 0 radical (unpaired) electrons. The van der Waals surface area contributed by atoms with Gasteiger partial charge in [-0.25, -0.2) is 0 Å². The molecule has 2 saturated heterocycles. The Morgan fingerprint density at radius 3 is 2.59 bits per heavy atom. The van der Waals surface area contributed by atoms with Crippen LogP contribution >= 0.6 is 11.3 Å². The summed E-state index contributed by atoms with van der Waals surface area (Å²) in [7, 11) is 0. The van der Waals surface area contributed by atoms with Crippen LogP contribution in [0.4, 0.5) is 0 Å². The van der Waals surface area contributed by atoms with Crippen LogP contribution in [0, 0.1) is 0 Å². The molecule has 0 saturated carbocycles. The van der Waals surface area contributed by atoms with E-state index >= 15 is 0 Å². The number of carbonyl (C=O) groups excluding carboxylic acids is 2. The predicted molar refractivity (Wildman–Crippen MR) is 113 cm³/mol. The minimum absolute atomic E-state index is 0.0214. The molecule has 1 N–H and O–H groups in total. The first-order chi connectivity index (χ1) is 14.2. The Morgan fingerprint density at radius 2 is 1.86 bits per heavy atom. The van der Waals surface area contributed by atoms with Gasteiger partial charge in [0.25, 0.3) is 11.8 Å². The van der Waals surface area contributed by atoms with Gasteiger partial charge in [0.2, 0.25) is 0 Å². The van der Waals surface area contributed by atoms with Crippen molar-refractivity contribution in [3.63, 3.8) is 0 Å². The Morgan fingerprint density at radius 1 is 1.07 bits per heavy atom. The number of rotatable bonds is 5. The first-order valence-corrected chi connectivity index (χ1v) is 11.1. The lowest BCUT2D eigenvalue weighted by Gasteiger charge is -2.32. The van der Waals surface area contributed by atoms with Gasteiger partial charge in [0.05, 0.1) is 13.2 Å². The molecule has 7 heteroatoms. The van der Waals surface area contributed by atoms with Crippen LogP contribution in [0.3, 0.4) is 0 Å². The van der Waals surface area contributed by atoms with Gasteiger partial charge in [-0.05, 0) is 42.0 Å². The van der Waals surface area contributed by atoms with Crippen LogP contribution in [-0.4, -0.2) is 67.0 Å². The Labute approximate surface area is 175 Å². The fourth-order valence-electron chi connectivity index (χ4n) is 3.89. The lowest BCUT2D eigenvalue weighted by molar-refractivity contribution is 0.0341. The second-order valence-electron chi connectivity index (χ2n) is 7.64. The maximum atomic E-state index is 13.0. The van der Waals surface area contributed by atoms with Crippen LogP contribution in [0.5, 0.6) is 0 Å². The monoisotopic (exact) mass is 413 g/mol. The molecule has 6 nitrogen and oxygen atoms in total. The van der Waals surface area contributed by atoms with Gasteiger partial charge in [0.15, 0.2) is 0 Å². The number of likely N-dealkylation sites (tertiary alicyclic amines) is 1. The summed E-state index contributed by atoms with van der Waals surface area (Å²) in [4.78, 5) is 29.4. The molecule has 0 unspecified atom stereocenters. The van der Waals surface area contributed by atoms with Crippen LogP contribution in [0.1, 0.15) is 39.1 Å². The van der Waals surface area contributed by atoms with Crippen LogP contribution in [-0.2, 0) is 11.3 Å². The molecule has 154 valence electrons. The quantitative estimate of drug-likeness (QED) is 0.819. The standard InChI is InChI=1S/C22H27N3O3S/c26-21(19-6-13-29-16-19)23-20-4-7-25(8-5-20)22(27)18-3-1-2-17(14-18)15-24-9-11-28-12-10-24/h1-3,6,13-14,16,20H,4-5,7-12,15H2,(H,23,26). The molecule has 29 heavy (non-hydrogen) atoms. The number of ether oxygens (including phenoxy) is 1. The molecular weight excluding hydrogens is 386 g/mol. The summed E-state index contributed by atoms with van der Waals surface area (Å²) >= 11 is 1.52. The average molecular weight is 414 g/mol. The van der Waals surface area contributed by atoms with E-state index in [-0.39, 0.29) is 17.9 Å². The molecule has 2 aromatic rings. The Bertz CT molecular complexity index is 826.